The number of aryl methyl sites for hydroxylation is 2. The van der Waals surface area contributed by atoms with Gasteiger partial charge in [-0.2, -0.15) is 0 Å². The van der Waals surface area contributed by atoms with Crippen LogP contribution in [0.1, 0.15) is 41.5 Å². The molecule has 1 N–H and O–H groups in total. The molecule has 1 fully saturated rings. The van der Waals surface area contributed by atoms with E-state index in [1.165, 1.54) is 17.7 Å². The van der Waals surface area contributed by atoms with Crippen molar-refractivity contribution in [1.29, 1.82) is 0 Å². The van der Waals surface area contributed by atoms with Gasteiger partial charge >= 0.3 is 0 Å². The number of halogens is 1. The largest absolute Gasteiger partial charge is 0.351 e. The monoisotopic (exact) mass is 458 g/mol. The highest BCUT2D eigenvalue weighted by molar-refractivity contribution is 5.89. The number of carbonyl (C=O) groups is 2. The second-order valence-corrected chi connectivity index (χ2v) is 9.12. The third-order valence-electron chi connectivity index (χ3n) is 6.85. The highest BCUT2D eigenvalue weighted by atomic mass is 19.1. The average Bonchev–Trinajstić information content (AvgIpc) is 2.88. The number of piperidine rings is 1. The molecule has 0 spiro atoms. The lowest BCUT2D eigenvalue weighted by Gasteiger charge is -2.41. The van der Waals surface area contributed by atoms with Gasteiger partial charge < -0.3 is 10.2 Å². The summed E-state index contributed by atoms with van der Waals surface area (Å²) < 4.78 is 13.1. The van der Waals surface area contributed by atoms with Crippen LogP contribution in [0.3, 0.4) is 0 Å². The van der Waals surface area contributed by atoms with Gasteiger partial charge in [-0.3, -0.25) is 9.59 Å². The van der Waals surface area contributed by atoms with Crippen LogP contribution in [-0.4, -0.2) is 29.8 Å². The Hall–Kier alpha value is -3.47. The Labute approximate surface area is 200 Å². The minimum Gasteiger partial charge on any atom is -0.351 e. The molecule has 1 saturated heterocycles. The van der Waals surface area contributed by atoms with Gasteiger partial charge in [0.1, 0.15) is 5.82 Å². The zero-order valence-electron chi connectivity index (χ0n) is 19.6. The van der Waals surface area contributed by atoms with Crippen LogP contribution in [-0.2, 0) is 28.0 Å². The second kappa shape index (κ2) is 10.6. The summed E-state index contributed by atoms with van der Waals surface area (Å²) in [4.78, 5) is 28.2. The van der Waals surface area contributed by atoms with E-state index >= 15 is 0 Å². The number of hydrogen-bond donors (Lipinski definition) is 1. The van der Waals surface area contributed by atoms with Gasteiger partial charge in [0.15, 0.2) is 0 Å². The van der Waals surface area contributed by atoms with E-state index in [0.717, 1.165) is 16.7 Å². The topological polar surface area (TPSA) is 49.4 Å². The van der Waals surface area contributed by atoms with E-state index in [2.05, 4.69) is 5.32 Å². The van der Waals surface area contributed by atoms with Crippen molar-refractivity contribution in [2.75, 3.05) is 13.1 Å². The fourth-order valence-electron chi connectivity index (χ4n) is 4.66. The molecule has 0 saturated carbocycles. The van der Waals surface area contributed by atoms with Gasteiger partial charge in [-0.25, -0.2) is 4.39 Å². The Bertz CT molecular complexity index is 1100. The van der Waals surface area contributed by atoms with Crippen molar-refractivity contribution in [3.63, 3.8) is 0 Å². The third kappa shape index (κ3) is 5.53. The fraction of sp³-hybridized carbons (Fsp3) is 0.310. The van der Waals surface area contributed by atoms with Crippen molar-refractivity contribution >= 4 is 11.8 Å². The number of likely N-dealkylation sites (tertiary alicyclic amines) is 1. The number of carbonyl (C=O) groups excluding carboxylic acids is 2. The maximum atomic E-state index is 13.5. The Morgan fingerprint density at radius 2 is 1.50 bits per heavy atom. The van der Waals surface area contributed by atoms with Crippen LogP contribution in [0, 0.1) is 12.7 Å². The highest BCUT2D eigenvalue weighted by Gasteiger charge is 2.43. The molecule has 0 radical (unpaired) electrons. The zero-order chi connectivity index (χ0) is 24.0. The standard InChI is InChI=1S/C29H31FN2O2/c1-22-7-9-24(10-8-22)21-31-28(34)29(25-5-3-2-4-6-25)17-19-32(20-18-29)27(33)16-13-23-11-14-26(30)15-12-23/h2-12,14-15H,13,16-21H2,1H3,(H,31,34). The van der Waals surface area contributed by atoms with Crippen molar-refractivity contribution < 1.29 is 14.0 Å². The molecule has 2 amide bonds. The molecule has 34 heavy (non-hydrogen) atoms. The summed E-state index contributed by atoms with van der Waals surface area (Å²) in [6.07, 6.45) is 2.12. The van der Waals surface area contributed by atoms with E-state index in [0.29, 0.717) is 45.3 Å². The molecular weight excluding hydrogens is 427 g/mol. The van der Waals surface area contributed by atoms with Gasteiger partial charge in [0, 0.05) is 26.1 Å². The lowest BCUT2D eigenvalue weighted by molar-refractivity contribution is -0.137. The molecule has 176 valence electrons. The second-order valence-electron chi connectivity index (χ2n) is 9.12. The molecular formula is C29H31FN2O2. The molecule has 4 rings (SSSR count). The summed E-state index contributed by atoms with van der Waals surface area (Å²) in [7, 11) is 0. The van der Waals surface area contributed by atoms with Crippen molar-refractivity contribution in [3.8, 4) is 0 Å². The smallest absolute Gasteiger partial charge is 0.231 e. The maximum Gasteiger partial charge on any atom is 0.231 e. The Morgan fingerprint density at radius 1 is 0.882 bits per heavy atom. The first-order chi connectivity index (χ1) is 16.5. The summed E-state index contributed by atoms with van der Waals surface area (Å²) in [6.45, 7) is 3.60. The Kier molecular flexibility index (Phi) is 7.41. The molecule has 3 aromatic carbocycles. The quantitative estimate of drug-likeness (QED) is 0.545. The van der Waals surface area contributed by atoms with Crippen LogP contribution < -0.4 is 5.32 Å². The van der Waals surface area contributed by atoms with Gasteiger partial charge in [0.2, 0.25) is 11.8 Å². The maximum absolute atomic E-state index is 13.5. The van der Waals surface area contributed by atoms with E-state index in [-0.39, 0.29) is 17.6 Å². The van der Waals surface area contributed by atoms with Gasteiger partial charge in [0.05, 0.1) is 5.41 Å². The van der Waals surface area contributed by atoms with E-state index in [9.17, 15) is 14.0 Å². The first-order valence-corrected chi connectivity index (χ1v) is 11.9. The number of hydrogen-bond acceptors (Lipinski definition) is 2. The molecule has 3 aromatic rings. The van der Waals surface area contributed by atoms with Crippen molar-refractivity contribution in [1.82, 2.24) is 10.2 Å². The van der Waals surface area contributed by atoms with Crippen LogP contribution in [0.5, 0.6) is 0 Å². The first kappa shape index (κ1) is 23.7. The summed E-state index contributed by atoms with van der Waals surface area (Å²) in [5.41, 5.74) is 3.54. The van der Waals surface area contributed by atoms with Crippen LogP contribution in [0.15, 0.2) is 78.9 Å². The van der Waals surface area contributed by atoms with Gasteiger partial charge in [-0.15, -0.1) is 0 Å². The zero-order valence-corrected chi connectivity index (χ0v) is 19.6. The SMILES string of the molecule is Cc1ccc(CNC(=O)C2(c3ccccc3)CCN(C(=O)CCc3ccc(F)cc3)CC2)cc1. The lowest BCUT2D eigenvalue weighted by atomic mass is 9.72. The van der Waals surface area contributed by atoms with Crippen molar-refractivity contribution in [2.24, 2.45) is 0 Å². The molecule has 1 heterocycles. The summed E-state index contributed by atoms with van der Waals surface area (Å²) in [5.74, 6) is -0.187. The van der Waals surface area contributed by atoms with E-state index in [1.54, 1.807) is 12.1 Å². The molecule has 0 bridgehead atoms. The molecule has 0 aromatic heterocycles. The van der Waals surface area contributed by atoms with E-state index in [4.69, 9.17) is 0 Å². The highest BCUT2D eigenvalue weighted by Crippen LogP contribution is 2.36. The average molecular weight is 459 g/mol. The number of amides is 2. The predicted octanol–water partition coefficient (Wildman–Crippen LogP) is 4.94. The van der Waals surface area contributed by atoms with Crippen molar-refractivity contribution in [2.45, 2.75) is 44.6 Å². The summed E-state index contributed by atoms with van der Waals surface area (Å²) in [6, 6.07) is 24.3. The normalized spacial score (nSPS) is 15.1. The van der Waals surface area contributed by atoms with Crippen LogP contribution in [0.4, 0.5) is 4.39 Å². The predicted molar refractivity (Wildman–Crippen MR) is 132 cm³/mol. The molecule has 1 aliphatic rings. The number of rotatable bonds is 7. The summed E-state index contributed by atoms with van der Waals surface area (Å²) in [5, 5.41) is 3.15. The van der Waals surface area contributed by atoms with Crippen LogP contribution in [0.2, 0.25) is 0 Å². The van der Waals surface area contributed by atoms with Crippen LogP contribution in [0.25, 0.3) is 0 Å². The Morgan fingerprint density at radius 3 is 2.15 bits per heavy atom. The number of nitrogens with one attached hydrogen (secondary N) is 1. The molecule has 4 nitrogen and oxygen atoms in total. The number of benzene rings is 3. The minimum atomic E-state index is -0.653. The first-order valence-electron chi connectivity index (χ1n) is 11.9. The molecule has 1 aliphatic heterocycles. The van der Waals surface area contributed by atoms with Crippen LogP contribution >= 0.6 is 0 Å². The molecule has 0 unspecified atom stereocenters. The molecule has 0 atom stereocenters. The molecule has 5 heteroatoms. The van der Waals surface area contributed by atoms with E-state index in [1.807, 2.05) is 66.4 Å². The van der Waals surface area contributed by atoms with Gasteiger partial charge in [0.25, 0.3) is 0 Å². The van der Waals surface area contributed by atoms with Crippen molar-refractivity contribution in [3.05, 3.63) is 107 Å². The lowest BCUT2D eigenvalue weighted by Crippen LogP contribution is -2.52. The van der Waals surface area contributed by atoms with Gasteiger partial charge in [-0.05, 0) is 55.0 Å². The van der Waals surface area contributed by atoms with E-state index < -0.39 is 5.41 Å². The third-order valence-corrected chi connectivity index (χ3v) is 6.85. The van der Waals surface area contributed by atoms with Gasteiger partial charge in [-0.1, -0.05) is 72.3 Å². The Balaban J connectivity index is 1.41. The number of nitrogens with zero attached hydrogens (tertiary/aromatic N) is 1. The minimum absolute atomic E-state index is 0.0117. The summed E-state index contributed by atoms with van der Waals surface area (Å²) >= 11 is 0. The molecule has 0 aliphatic carbocycles. The fourth-order valence-corrected chi connectivity index (χ4v) is 4.66.